The highest BCUT2D eigenvalue weighted by Crippen LogP contribution is 2.08. The fourth-order valence-electron chi connectivity index (χ4n) is 2.35. The molecule has 1 aliphatic rings. The van der Waals surface area contributed by atoms with Gasteiger partial charge < -0.3 is 15.2 Å². The number of nitrogens with zero attached hydrogens (tertiary/aromatic N) is 2. The van der Waals surface area contributed by atoms with Crippen molar-refractivity contribution in [1.29, 1.82) is 0 Å². The highest BCUT2D eigenvalue weighted by molar-refractivity contribution is 5.30. The minimum Gasteiger partial charge on any atom is -0.365 e. The Hall–Kier alpha value is -1.36. The summed E-state index contributed by atoms with van der Waals surface area (Å²) in [5.41, 5.74) is -0.0151. The van der Waals surface area contributed by atoms with Crippen molar-refractivity contribution in [3.63, 3.8) is 0 Å². The Bertz CT molecular complexity index is 423. The van der Waals surface area contributed by atoms with Crippen LogP contribution in [0.15, 0.2) is 17.2 Å². The lowest BCUT2D eigenvalue weighted by atomic mass is 10.1. The molecule has 0 bridgehead atoms. The molecule has 0 aliphatic carbocycles. The molecule has 1 atom stereocenters. The van der Waals surface area contributed by atoms with E-state index in [1.807, 2.05) is 0 Å². The summed E-state index contributed by atoms with van der Waals surface area (Å²) in [5.74, 6) is 0.476. The number of hydrogen-bond acceptors (Lipinski definition) is 4. The van der Waals surface area contributed by atoms with Crippen LogP contribution in [-0.2, 0) is 6.54 Å². The van der Waals surface area contributed by atoms with E-state index in [1.165, 1.54) is 12.8 Å². The summed E-state index contributed by atoms with van der Waals surface area (Å²) >= 11 is 0. The number of aromatic nitrogens is 2. The molecule has 5 nitrogen and oxygen atoms in total. The van der Waals surface area contributed by atoms with Crippen LogP contribution in [0.1, 0.15) is 32.6 Å². The molecule has 5 heteroatoms. The molecular formula is C13H22N4O. The number of aryl methyl sites for hydroxylation is 1. The number of hydrogen-bond donors (Lipinski definition) is 2. The molecule has 0 radical (unpaired) electrons. The maximum absolute atomic E-state index is 12.0. The minimum absolute atomic E-state index is 0.0151. The Morgan fingerprint density at radius 1 is 1.61 bits per heavy atom. The van der Waals surface area contributed by atoms with Crippen LogP contribution in [0.5, 0.6) is 0 Å². The summed E-state index contributed by atoms with van der Waals surface area (Å²) in [5, 5.41) is 6.60. The molecule has 100 valence electrons. The minimum atomic E-state index is -0.0151. The highest BCUT2D eigenvalue weighted by atomic mass is 16.1. The molecule has 2 heterocycles. The predicted molar refractivity (Wildman–Crippen MR) is 72.9 cm³/mol. The lowest BCUT2D eigenvalue weighted by molar-refractivity contribution is 0.573. The van der Waals surface area contributed by atoms with E-state index in [1.54, 1.807) is 17.0 Å². The van der Waals surface area contributed by atoms with Gasteiger partial charge in [0.05, 0.1) is 0 Å². The summed E-state index contributed by atoms with van der Waals surface area (Å²) in [7, 11) is 0. The van der Waals surface area contributed by atoms with E-state index in [2.05, 4.69) is 22.5 Å². The molecule has 1 aliphatic heterocycles. The van der Waals surface area contributed by atoms with Crippen molar-refractivity contribution in [3.05, 3.63) is 22.7 Å². The molecule has 1 saturated heterocycles. The lowest BCUT2D eigenvalue weighted by Crippen LogP contribution is -2.27. The Balaban J connectivity index is 1.88. The molecule has 1 aromatic rings. The maximum atomic E-state index is 12.0. The summed E-state index contributed by atoms with van der Waals surface area (Å²) < 4.78 is 1.71. The molecule has 0 aromatic carbocycles. The topological polar surface area (TPSA) is 59.0 Å². The van der Waals surface area contributed by atoms with Crippen molar-refractivity contribution >= 4 is 5.82 Å². The molecule has 1 unspecified atom stereocenters. The Morgan fingerprint density at radius 2 is 2.50 bits per heavy atom. The van der Waals surface area contributed by atoms with Crippen LogP contribution in [0.3, 0.4) is 0 Å². The van der Waals surface area contributed by atoms with Crippen LogP contribution in [0.4, 0.5) is 5.82 Å². The molecular weight excluding hydrogens is 228 g/mol. The SMILES string of the molecule is CCCn1ccnc(NCCC2CCCN2)c1=O. The van der Waals surface area contributed by atoms with E-state index >= 15 is 0 Å². The number of nitrogens with one attached hydrogen (secondary N) is 2. The van der Waals surface area contributed by atoms with Crippen LogP contribution in [0.2, 0.25) is 0 Å². The first kappa shape index (κ1) is 13.1. The van der Waals surface area contributed by atoms with Crippen molar-refractivity contribution in [3.8, 4) is 0 Å². The monoisotopic (exact) mass is 250 g/mol. The zero-order chi connectivity index (χ0) is 12.8. The van der Waals surface area contributed by atoms with Gasteiger partial charge in [-0.25, -0.2) is 4.98 Å². The molecule has 0 saturated carbocycles. The third-order valence-electron chi connectivity index (χ3n) is 3.33. The third kappa shape index (κ3) is 3.32. The van der Waals surface area contributed by atoms with Gasteiger partial charge in [-0.15, -0.1) is 0 Å². The van der Waals surface area contributed by atoms with E-state index in [9.17, 15) is 4.79 Å². The Morgan fingerprint density at radius 3 is 3.22 bits per heavy atom. The van der Waals surface area contributed by atoms with Gasteiger partial charge in [-0.05, 0) is 32.2 Å². The first-order valence-electron chi connectivity index (χ1n) is 6.84. The fraction of sp³-hybridized carbons (Fsp3) is 0.692. The van der Waals surface area contributed by atoms with Crippen molar-refractivity contribution < 1.29 is 0 Å². The van der Waals surface area contributed by atoms with Crippen LogP contribution in [0, 0.1) is 0 Å². The molecule has 2 rings (SSSR count). The average molecular weight is 250 g/mol. The van der Waals surface area contributed by atoms with Gasteiger partial charge in [0.1, 0.15) is 0 Å². The van der Waals surface area contributed by atoms with Gasteiger partial charge in [-0.3, -0.25) is 4.79 Å². The van der Waals surface area contributed by atoms with Crippen molar-refractivity contribution in [2.75, 3.05) is 18.4 Å². The van der Waals surface area contributed by atoms with E-state index < -0.39 is 0 Å². The fourth-order valence-corrected chi connectivity index (χ4v) is 2.35. The van der Waals surface area contributed by atoms with E-state index in [-0.39, 0.29) is 5.56 Å². The van der Waals surface area contributed by atoms with Crippen molar-refractivity contribution in [1.82, 2.24) is 14.9 Å². The molecule has 0 amide bonds. The van der Waals surface area contributed by atoms with Gasteiger partial charge in [-0.1, -0.05) is 6.92 Å². The quantitative estimate of drug-likeness (QED) is 0.796. The Labute approximate surface area is 108 Å². The second-order valence-corrected chi connectivity index (χ2v) is 4.78. The van der Waals surface area contributed by atoms with Crippen LogP contribution in [0.25, 0.3) is 0 Å². The zero-order valence-electron chi connectivity index (χ0n) is 11.0. The zero-order valence-corrected chi connectivity index (χ0v) is 11.0. The molecule has 1 aromatic heterocycles. The summed E-state index contributed by atoms with van der Waals surface area (Å²) in [6.07, 6.45) is 7.93. The van der Waals surface area contributed by atoms with E-state index in [4.69, 9.17) is 0 Å². The highest BCUT2D eigenvalue weighted by Gasteiger charge is 2.13. The average Bonchev–Trinajstić information content (AvgIpc) is 2.87. The van der Waals surface area contributed by atoms with Crippen LogP contribution in [-0.4, -0.2) is 28.7 Å². The third-order valence-corrected chi connectivity index (χ3v) is 3.33. The van der Waals surface area contributed by atoms with Crippen LogP contribution >= 0.6 is 0 Å². The van der Waals surface area contributed by atoms with Gasteiger partial charge in [0.15, 0.2) is 5.82 Å². The molecule has 18 heavy (non-hydrogen) atoms. The number of rotatable bonds is 6. The standard InChI is InChI=1S/C13H22N4O/c1-2-9-17-10-8-16-12(13(17)18)15-7-5-11-4-3-6-14-11/h8,10-11,14H,2-7,9H2,1H3,(H,15,16). The predicted octanol–water partition coefficient (Wildman–Crippen LogP) is 1.21. The maximum Gasteiger partial charge on any atom is 0.293 e. The lowest BCUT2D eigenvalue weighted by Gasteiger charge is -2.11. The van der Waals surface area contributed by atoms with Gasteiger partial charge in [-0.2, -0.15) is 0 Å². The van der Waals surface area contributed by atoms with Crippen LogP contribution < -0.4 is 16.2 Å². The summed E-state index contributed by atoms with van der Waals surface area (Å²) in [6.45, 7) is 4.74. The van der Waals surface area contributed by atoms with Gasteiger partial charge in [0.25, 0.3) is 5.56 Å². The molecule has 2 N–H and O–H groups in total. The van der Waals surface area contributed by atoms with Gasteiger partial charge >= 0.3 is 0 Å². The second-order valence-electron chi connectivity index (χ2n) is 4.78. The smallest absolute Gasteiger partial charge is 0.293 e. The summed E-state index contributed by atoms with van der Waals surface area (Å²) in [4.78, 5) is 16.1. The number of anilines is 1. The van der Waals surface area contributed by atoms with Gasteiger partial charge in [0.2, 0.25) is 0 Å². The van der Waals surface area contributed by atoms with E-state index in [0.29, 0.717) is 11.9 Å². The molecule has 0 spiro atoms. The second kappa shape index (κ2) is 6.54. The normalized spacial score (nSPS) is 19.1. The summed E-state index contributed by atoms with van der Waals surface area (Å²) in [6, 6.07) is 0.596. The van der Waals surface area contributed by atoms with Crippen molar-refractivity contribution in [2.45, 2.75) is 45.2 Å². The van der Waals surface area contributed by atoms with Gasteiger partial charge in [0, 0.05) is 31.5 Å². The first-order valence-corrected chi connectivity index (χ1v) is 6.84. The van der Waals surface area contributed by atoms with E-state index in [0.717, 1.165) is 32.5 Å². The first-order chi connectivity index (χ1) is 8.81. The van der Waals surface area contributed by atoms with Crippen molar-refractivity contribution in [2.24, 2.45) is 0 Å². The Kier molecular flexibility index (Phi) is 4.75. The molecule has 1 fully saturated rings. The largest absolute Gasteiger partial charge is 0.365 e.